The molecule has 2 rings (SSSR count). The number of rotatable bonds is 5. The van der Waals surface area contributed by atoms with Gasteiger partial charge in [0.15, 0.2) is 0 Å². The van der Waals surface area contributed by atoms with E-state index in [1.54, 1.807) is 0 Å². The number of sulfonamides is 1. The molecule has 1 atom stereocenters. The summed E-state index contributed by atoms with van der Waals surface area (Å²) in [7, 11) is -3.54. The van der Waals surface area contributed by atoms with E-state index in [1.807, 2.05) is 12.2 Å². The molecule has 0 radical (unpaired) electrons. The van der Waals surface area contributed by atoms with Gasteiger partial charge in [-0.1, -0.05) is 24.3 Å². The van der Waals surface area contributed by atoms with Crippen LogP contribution in [0.4, 0.5) is 0 Å². The molecule has 20 heavy (non-hydrogen) atoms. The van der Waals surface area contributed by atoms with Crippen LogP contribution in [0.15, 0.2) is 41.3 Å². The summed E-state index contributed by atoms with van der Waals surface area (Å²) in [4.78, 5) is 10.7. The molecule has 0 bridgehead atoms. The summed E-state index contributed by atoms with van der Waals surface area (Å²) in [5, 5.41) is 8.68. The van der Waals surface area contributed by atoms with Crippen LogP contribution in [0.3, 0.4) is 0 Å². The van der Waals surface area contributed by atoms with E-state index in [0.29, 0.717) is 12.0 Å². The van der Waals surface area contributed by atoms with Gasteiger partial charge in [0.1, 0.15) is 0 Å². The Morgan fingerprint density at radius 1 is 1.25 bits per heavy atom. The van der Waals surface area contributed by atoms with Gasteiger partial charge >= 0.3 is 5.97 Å². The lowest BCUT2D eigenvalue weighted by Crippen LogP contribution is -2.35. The molecule has 1 unspecified atom stereocenters. The summed E-state index contributed by atoms with van der Waals surface area (Å²) in [6.07, 6.45) is 6.30. The number of hydrogen-bond acceptors (Lipinski definition) is 3. The molecule has 0 spiro atoms. The van der Waals surface area contributed by atoms with Crippen LogP contribution < -0.4 is 4.72 Å². The summed E-state index contributed by atoms with van der Waals surface area (Å²) in [5.41, 5.74) is 0.581. The lowest BCUT2D eigenvalue weighted by Gasteiger charge is -2.19. The molecule has 0 saturated heterocycles. The summed E-state index contributed by atoms with van der Waals surface area (Å²) >= 11 is 0. The molecule has 2 N–H and O–H groups in total. The van der Waals surface area contributed by atoms with Crippen LogP contribution >= 0.6 is 0 Å². The first-order chi connectivity index (χ1) is 9.47. The average Bonchev–Trinajstić information content (AvgIpc) is 2.39. The van der Waals surface area contributed by atoms with Gasteiger partial charge < -0.3 is 5.11 Å². The highest BCUT2D eigenvalue weighted by Gasteiger charge is 2.20. The number of allylic oxidation sites excluding steroid dienone is 1. The molecule has 0 heterocycles. The van der Waals surface area contributed by atoms with Gasteiger partial charge in [-0.2, -0.15) is 0 Å². The van der Waals surface area contributed by atoms with E-state index >= 15 is 0 Å². The van der Waals surface area contributed by atoms with Crippen molar-refractivity contribution in [3.8, 4) is 0 Å². The third kappa shape index (κ3) is 3.91. The molecule has 0 fully saturated rings. The van der Waals surface area contributed by atoms with E-state index < -0.39 is 16.0 Å². The van der Waals surface area contributed by atoms with Gasteiger partial charge in [-0.05, 0) is 37.0 Å². The van der Waals surface area contributed by atoms with E-state index in [2.05, 4.69) is 4.72 Å². The number of carboxylic acid groups (broad SMARTS) is 1. The van der Waals surface area contributed by atoms with Gasteiger partial charge in [0, 0.05) is 6.04 Å². The van der Waals surface area contributed by atoms with Gasteiger partial charge in [-0.25, -0.2) is 13.1 Å². The minimum absolute atomic E-state index is 0.0660. The van der Waals surface area contributed by atoms with Crippen molar-refractivity contribution in [2.24, 2.45) is 0 Å². The number of benzene rings is 1. The van der Waals surface area contributed by atoms with Crippen LogP contribution in [0, 0.1) is 0 Å². The predicted octanol–water partition coefficient (Wildman–Crippen LogP) is 1.70. The maximum atomic E-state index is 12.2. The van der Waals surface area contributed by atoms with Crippen molar-refractivity contribution in [2.75, 3.05) is 0 Å². The van der Waals surface area contributed by atoms with Gasteiger partial charge in [0.05, 0.1) is 11.3 Å². The van der Waals surface area contributed by atoms with Crippen LogP contribution in [0.1, 0.15) is 24.8 Å². The Labute approximate surface area is 118 Å². The van der Waals surface area contributed by atoms with Crippen molar-refractivity contribution in [1.82, 2.24) is 4.72 Å². The lowest BCUT2D eigenvalue weighted by molar-refractivity contribution is -0.136. The molecule has 1 aliphatic carbocycles. The Balaban J connectivity index is 2.08. The molecular weight excluding hydrogens is 278 g/mol. The summed E-state index contributed by atoms with van der Waals surface area (Å²) < 4.78 is 27.0. The van der Waals surface area contributed by atoms with Crippen molar-refractivity contribution >= 4 is 16.0 Å². The van der Waals surface area contributed by atoms with E-state index in [-0.39, 0.29) is 17.4 Å². The van der Waals surface area contributed by atoms with Crippen molar-refractivity contribution in [2.45, 2.75) is 36.6 Å². The Morgan fingerprint density at radius 2 is 1.95 bits per heavy atom. The zero-order valence-corrected chi connectivity index (χ0v) is 11.8. The van der Waals surface area contributed by atoms with Crippen LogP contribution in [0.2, 0.25) is 0 Å². The van der Waals surface area contributed by atoms with Crippen LogP contribution in [0.25, 0.3) is 0 Å². The number of carboxylic acids is 1. The molecule has 0 aliphatic heterocycles. The molecule has 1 aromatic carbocycles. The second-order valence-electron chi connectivity index (χ2n) is 4.82. The second-order valence-corrected chi connectivity index (χ2v) is 6.53. The molecular formula is C14H17NO4S. The maximum absolute atomic E-state index is 12.2. The Bertz CT molecular complexity index is 605. The molecule has 5 nitrogen and oxygen atoms in total. The first-order valence-electron chi connectivity index (χ1n) is 6.45. The molecule has 0 aromatic heterocycles. The third-order valence-corrected chi connectivity index (χ3v) is 4.72. The highest BCUT2D eigenvalue weighted by atomic mass is 32.2. The normalized spacial score (nSPS) is 18.9. The van der Waals surface area contributed by atoms with E-state index in [4.69, 9.17) is 5.11 Å². The maximum Gasteiger partial charge on any atom is 0.307 e. The molecule has 108 valence electrons. The van der Waals surface area contributed by atoms with Crippen molar-refractivity contribution in [3.63, 3.8) is 0 Å². The average molecular weight is 295 g/mol. The van der Waals surface area contributed by atoms with E-state index in [9.17, 15) is 13.2 Å². The summed E-state index contributed by atoms with van der Waals surface area (Å²) in [5.74, 6) is -0.937. The smallest absolute Gasteiger partial charge is 0.307 e. The second kappa shape index (κ2) is 6.19. The third-order valence-electron chi connectivity index (χ3n) is 3.18. The lowest BCUT2D eigenvalue weighted by atomic mass is 10.0. The fraction of sp³-hybridized carbons (Fsp3) is 0.357. The minimum Gasteiger partial charge on any atom is -0.481 e. The molecule has 1 aliphatic rings. The monoisotopic (exact) mass is 295 g/mol. The Kier molecular flexibility index (Phi) is 4.57. The topological polar surface area (TPSA) is 83.5 Å². The van der Waals surface area contributed by atoms with Gasteiger partial charge in [0.25, 0.3) is 0 Å². The molecule has 0 amide bonds. The fourth-order valence-electron chi connectivity index (χ4n) is 2.15. The molecule has 1 aromatic rings. The quantitative estimate of drug-likeness (QED) is 0.810. The minimum atomic E-state index is -3.54. The van der Waals surface area contributed by atoms with Crippen molar-refractivity contribution in [3.05, 3.63) is 42.0 Å². The first-order valence-corrected chi connectivity index (χ1v) is 7.94. The predicted molar refractivity (Wildman–Crippen MR) is 74.9 cm³/mol. The van der Waals surface area contributed by atoms with Crippen LogP contribution in [-0.4, -0.2) is 25.5 Å². The van der Waals surface area contributed by atoms with E-state index in [1.165, 1.54) is 24.3 Å². The van der Waals surface area contributed by atoms with Crippen LogP contribution in [-0.2, 0) is 21.2 Å². The number of hydrogen-bond donors (Lipinski definition) is 2. The van der Waals surface area contributed by atoms with Gasteiger partial charge in [0.2, 0.25) is 10.0 Å². The van der Waals surface area contributed by atoms with Gasteiger partial charge in [-0.15, -0.1) is 0 Å². The van der Waals surface area contributed by atoms with Crippen molar-refractivity contribution in [1.29, 1.82) is 0 Å². The van der Waals surface area contributed by atoms with Crippen molar-refractivity contribution < 1.29 is 18.3 Å². The zero-order valence-electron chi connectivity index (χ0n) is 11.0. The fourth-order valence-corrected chi connectivity index (χ4v) is 3.43. The van der Waals surface area contributed by atoms with Gasteiger partial charge in [-0.3, -0.25) is 4.79 Å². The number of nitrogens with one attached hydrogen (secondary N) is 1. The number of aliphatic carboxylic acids is 1. The Morgan fingerprint density at radius 3 is 2.50 bits per heavy atom. The SMILES string of the molecule is O=C(O)Cc1ccc(S(=O)(=O)NC2CC=CCC2)cc1. The molecule has 0 saturated carbocycles. The summed E-state index contributed by atoms with van der Waals surface area (Å²) in [6, 6.07) is 5.88. The van der Waals surface area contributed by atoms with E-state index in [0.717, 1.165) is 12.8 Å². The molecule has 6 heteroatoms. The van der Waals surface area contributed by atoms with Crippen LogP contribution in [0.5, 0.6) is 0 Å². The highest BCUT2D eigenvalue weighted by molar-refractivity contribution is 7.89. The largest absolute Gasteiger partial charge is 0.481 e. The standard InChI is InChI=1S/C14H17NO4S/c16-14(17)10-11-6-8-13(9-7-11)20(18,19)15-12-4-2-1-3-5-12/h1-2,6-9,12,15H,3-5,10H2,(H,16,17). The number of carbonyl (C=O) groups is 1. The highest BCUT2D eigenvalue weighted by Crippen LogP contribution is 2.16. The Hall–Kier alpha value is -1.66. The summed E-state index contributed by atoms with van der Waals surface area (Å²) in [6.45, 7) is 0. The first kappa shape index (κ1) is 14.7. The zero-order chi connectivity index (χ0) is 14.6.